The van der Waals surface area contributed by atoms with E-state index in [1.807, 2.05) is 19.1 Å². The SMILES string of the molecule is CCN1CCN(c2ccc(N)c(C)n2)CC1C. The van der Waals surface area contributed by atoms with E-state index in [0.29, 0.717) is 6.04 Å². The Bertz CT molecular complexity index is 391. The summed E-state index contributed by atoms with van der Waals surface area (Å²) in [5.41, 5.74) is 7.50. The van der Waals surface area contributed by atoms with Gasteiger partial charge in [-0.15, -0.1) is 0 Å². The number of nitrogens with two attached hydrogens (primary N) is 1. The molecule has 4 heteroatoms. The first-order chi connectivity index (χ1) is 8.11. The van der Waals surface area contributed by atoms with Gasteiger partial charge in [-0.1, -0.05) is 6.92 Å². The van der Waals surface area contributed by atoms with Gasteiger partial charge in [0.25, 0.3) is 0 Å². The Morgan fingerprint density at radius 3 is 2.76 bits per heavy atom. The number of rotatable bonds is 2. The van der Waals surface area contributed by atoms with Gasteiger partial charge in [-0.25, -0.2) is 4.98 Å². The fraction of sp³-hybridized carbons (Fsp3) is 0.615. The van der Waals surface area contributed by atoms with Gasteiger partial charge < -0.3 is 10.6 Å². The Morgan fingerprint density at radius 1 is 1.41 bits per heavy atom. The third-order valence-corrected chi connectivity index (χ3v) is 3.61. The van der Waals surface area contributed by atoms with Crippen molar-refractivity contribution in [2.75, 3.05) is 36.8 Å². The van der Waals surface area contributed by atoms with E-state index in [4.69, 9.17) is 5.73 Å². The van der Waals surface area contributed by atoms with Crippen LogP contribution >= 0.6 is 0 Å². The van der Waals surface area contributed by atoms with E-state index in [0.717, 1.165) is 43.4 Å². The molecule has 0 amide bonds. The Morgan fingerprint density at radius 2 is 2.18 bits per heavy atom. The van der Waals surface area contributed by atoms with Crippen LogP contribution in [0.15, 0.2) is 12.1 Å². The highest BCUT2D eigenvalue weighted by Crippen LogP contribution is 2.19. The summed E-state index contributed by atoms with van der Waals surface area (Å²) in [6, 6.07) is 4.57. The number of nitrogens with zero attached hydrogens (tertiary/aromatic N) is 3. The molecule has 1 unspecified atom stereocenters. The monoisotopic (exact) mass is 234 g/mol. The summed E-state index contributed by atoms with van der Waals surface area (Å²) in [7, 11) is 0. The summed E-state index contributed by atoms with van der Waals surface area (Å²) in [6.07, 6.45) is 0. The van der Waals surface area contributed by atoms with E-state index in [1.54, 1.807) is 0 Å². The lowest BCUT2D eigenvalue weighted by Crippen LogP contribution is -2.52. The zero-order chi connectivity index (χ0) is 12.4. The fourth-order valence-corrected chi connectivity index (χ4v) is 2.41. The lowest BCUT2D eigenvalue weighted by molar-refractivity contribution is 0.199. The molecule has 17 heavy (non-hydrogen) atoms. The molecule has 4 nitrogen and oxygen atoms in total. The fourth-order valence-electron chi connectivity index (χ4n) is 2.41. The highest BCUT2D eigenvalue weighted by Gasteiger charge is 2.23. The molecule has 1 fully saturated rings. The molecule has 2 heterocycles. The van der Waals surface area contributed by atoms with Gasteiger partial charge in [-0.3, -0.25) is 4.90 Å². The zero-order valence-electron chi connectivity index (χ0n) is 11.0. The Kier molecular flexibility index (Phi) is 3.52. The molecular weight excluding hydrogens is 212 g/mol. The lowest BCUT2D eigenvalue weighted by Gasteiger charge is -2.40. The predicted molar refractivity (Wildman–Crippen MR) is 72.3 cm³/mol. The molecule has 0 radical (unpaired) electrons. The Labute approximate surface area is 103 Å². The van der Waals surface area contributed by atoms with Crippen molar-refractivity contribution in [3.8, 4) is 0 Å². The number of hydrogen-bond acceptors (Lipinski definition) is 4. The molecule has 0 aliphatic carbocycles. The molecule has 2 rings (SSSR count). The van der Waals surface area contributed by atoms with E-state index in [1.165, 1.54) is 0 Å². The number of nitrogen functional groups attached to an aromatic ring is 1. The second-order valence-corrected chi connectivity index (χ2v) is 4.77. The van der Waals surface area contributed by atoms with Crippen LogP contribution < -0.4 is 10.6 Å². The molecule has 1 aromatic heterocycles. The number of hydrogen-bond donors (Lipinski definition) is 1. The van der Waals surface area contributed by atoms with E-state index < -0.39 is 0 Å². The molecule has 0 aromatic carbocycles. The standard InChI is InChI=1S/C13H22N4/c1-4-16-7-8-17(9-10(16)2)13-6-5-12(14)11(3)15-13/h5-6,10H,4,7-9,14H2,1-3H3. The van der Waals surface area contributed by atoms with E-state index >= 15 is 0 Å². The third-order valence-electron chi connectivity index (χ3n) is 3.61. The van der Waals surface area contributed by atoms with Crippen LogP contribution in [0.2, 0.25) is 0 Å². The molecule has 1 saturated heterocycles. The molecule has 0 saturated carbocycles. The molecule has 94 valence electrons. The normalized spacial score (nSPS) is 21.8. The van der Waals surface area contributed by atoms with Crippen molar-refractivity contribution in [2.24, 2.45) is 0 Å². The van der Waals surface area contributed by atoms with Gasteiger partial charge in [0, 0.05) is 25.7 Å². The van der Waals surface area contributed by atoms with Crippen molar-refractivity contribution in [3.63, 3.8) is 0 Å². The minimum Gasteiger partial charge on any atom is -0.397 e. The van der Waals surface area contributed by atoms with Crippen molar-refractivity contribution in [1.29, 1.82) is 0 Å². The Balaban J connectivity index is 2.11. The lowest BCUT2D eigenvalue weighted by atomic mass is 10.2. The van der Waals surface area contributed by atoms with Crippen LogP contribution in [0.4, 0.5) is 11.5 Å². The van der Waals surface area contributed by atoms with Crippen molar-refractivity contribution in [2.45, 2.75) is 26.8 Å². The highest BCUT2D eigenvalue weighted by atomic mass is 15.3. The quantitative estimate of drug-likeness (QED) is 0.842. The average molecular weight is 234 g/mol. The summed E-state index contributed by atoms with van der Waals surface area (Å²) in [4.78, 5) is 9.42. The summed E-state index contributed by atoms with van der Waals surface area (Å²) < 4.78 is 0. The molecule has 1 aliphatic heterocycles. The number of aryl methyl sites for hydroxylation is 1. The maximum Gasteiger partial charge on any atom is 0.129 e. The van der Waals surface area contributed by atoms with Gasteiger partial charge >= 0.3 is 0 Å². The maximum absolute atomic E-state index is 5.80. The average Bonchev–Trinajstić information content (AvgIpc) is 2.32. The molecule has 1 aliphatic rings. The van der Waals surface area contributed by atoms with Crippen LogP contribution in [0, 0.1) is 6.92 Å². The van der Waals surface area contributed by atoms with Crippen molar-refractivity contribution in [1.82, 2.24) is 9.88 Å². The van der Waals surface area contributed by atoms with Crippen LogP contribution in [0.3, 0.4) is 0 Å². The first-order valence-electron chi connectivity index (χ1n) is 6.34. The molecule has 0 spiro atoms. The molecule has 2 N–H and O–H groups in total. The summed E-state index contributed by atoms with van der Waals surface area (Å²) in [5, 5.41) is 0. The van der Waals surface area contributed by atoms with Crippen molar-refractivity contribution < 1.29 is 0 Å². The summed E-state index contributed by atoms with van der Waals surface area (Å²) in [5.74, 6) is 1.05. The second-order valence-electron chi connectivity index (χ2n) is 4.77. The Hall–Kier alpha value is -1.29. The number of aromatic nitrogens is 1. The first-order valence-corrected chi connectivity index (χ1v) is 6.34. The largest absolute Gasteiger partial charge is 0.397 e. The second kappa shape index (κ2) is 4.92. The number of piperazine rings is 1. The zero-order valence-corrected chi connectivity index (χ0v) is 11.0. The molecule has 1 atom stereocenters. The summed E-state index contributed by atoms with van der Waals surface area (Å²) in [6.45, 7) is 10.8. The third kappa shape index (κ3) is 2.52. The van der Waals surface area contributed by atoms with Crippen LogP contribution in [0.5, 0.6) is 0 Å². The van der Waals surface area contributed by atoms with Crippen LogP contribution in [0.25, 0.3) is 0 Å². The van der Waals surface area contributed by atoms with Crippen molar-refractivity contribution >= 4 is 11.5 Å². The van der Waals surface area contributed by atoms with Gasteiger partial charge in [0.05, 0.1) is 11.4 Å². The number of likely N-dealkylation sites (N-methyl/N-ethyl adjacent to an activating group) is 1. The smallest absolute Gasteiger partial charge is 0.129 e. The minimum absolute atomic E-state index is 0.591. The van der Waals surface area contributed by atoms with Crippen LogP contribution in [-0.4, -0.2) is 42.1 Å². The highest BCUT2D eigenvalue weighted by molar-refractivity contribution is 5.50. The van der Waals surface area contributed by atoms with Crippen molar-refractivity contribution in [3.05, 3.63) is 17.8 Å². The maximum atomic E-state index is 5.80. The van der Waals surface area contributed by atoms with E-state index in [2.05, 4.69) is 28.6 Å². The summed E-state index contributed by atoms with van der Waals surface area (Å²) >= 11 is 0. The van der Waals surface area contributed by atoms with Gasteiger partial charge in [0.1, 0.15) is 5.82 Å². The van der Waals surface area contributed by atoms with Crippen LogP contribution in [-0.2, 0) is 0 Å². The topological polar surface area (TPSA) is 45.4 Å². The molecule has 1 aromatic rings. The van der Waals surface area contributed by atoms with Gasteiger partial charge in [-0.2, -0.15) is 0 Å². The first kappa shape index (κ1) is 12.2. The predicted octanol–water partition coefficient (Wildman–Crippen LogP) is 1.50. The molecular formula is C13H22N4. The number of anilines is 2. The van der Waals surface area contributed by atoms with E-state index in [-0.39, 0.29) is 0 Å². The van der Waals surface area contributed by atoms with E-state index in [9.17, 15) is 0 Å². The molecule has 0 bridgehead atoms. The minimum atomic E-state index is 0.591. The van der Waals surface area contributed by atoms with Gasteiger partial charge in [0.15, 0.2) is 0 Å². The van der Waals surface area contributed by atoms with Gasteiger partial charge in [-0.05, 0) is 32.5 Å². The van der Waals surface area contributed by atoms with Gasteiger partial charge in [0.2, 0.25) is 0 Å². The van der Waals surface area contributed by atoms with Crippen LogP contribution in [0.1, 0.15) is 19.5 Å². The number of pyridine rings is 1.